The number of benzene rings is 1. The second-order valence-corrected chi connectivity index (χ2v) is 4.94. The van der Waals surface area contributed by atoms with Crippen molar-refractivity contribution in [3.63, 3.8) is 0 Å². The number of rotatable bonds is 5. The van der Waals surface area contributed by atoms with Crippen molar-refractivity contribution < 1.29 is 4.74 Å². The Hall–Kier alpha value is -1.58. The molecule has 3 nitrogen and oxygen atoms in total. The maximum Gasteiger partial charge on any atom is 0.139 e. The zero-order valence-corrected chi connectivity index (χ0v) is 11.6. The minimum atomic E-state index is 0.382. The highest BCUT2D eigenvalue weighted by Gasteiger charge is 2.03. The van der Waals surface area contributed by atoms with E-state index < -0.39 is 0 Å². The van der Waals surface area contributed by atoms with Crippen molar-refractivity contribution in [3.8, 4) is 5.75 Å². The molecule has 0 bridgehead atoms. The summed E-state index contributed by atoms with van der Waals surface area (Å²) in [6.07, 6.45) is 3.23. The third kappa shape index (κ3) is 3.94. The fourth-order valence-corrected chi connectivity index (χ4v) is 1.88. The van der Waals surface area contributed by atoms with Gasteiger partial charge in [-0.1, -0.05) is 42.8 Å². The number of pyridine rings is 1. The van der Waals surface area contributed by atoms with Gasteiger partial charge < -0.3 is 10.5 Å². The molecule has 0 aliphatic rings. The van der Waals surface area contributed by atoms with E-state index in [4.69, 9.17) is 22.1 Å². The van der Waals surface area contributed by atoms with Crippen LogP contribution in [-0.2, 0) is 6.61 Å². The molecule has 0 radical (unpaired) electrons. The third-order valence-corrected chi connectivity index (χ3v) is 3.19. The van der Waals surface area contributed by atoms with Crippen LogP contribution in [-0.4, -0.2) is 11.5 Å². The summed E-state index contributed by atoms with van der Waals surface area (Å²) >= 11 is 5.84. The number of hydrogen-bond donors (Lipinski definition) is 1. The van der Waals surface area contributed by atoms with E-state index in [1.165, 1.54) is 5.56 Å². The lowest BCUT2D eigenvalue weighted by atomic mass is 10.0. The molecule has 19 heavy (non-hydrogen) atoms. The first-order valence-corrected chi connectivity index (χ1v) is 6.59. The highest BCUT2D eigenvalue weighted by Crippen LogP contribution is 2.18. The molecule has 100 valence electrons. The number of halogens is 1. The first-order valence-electron chi connectivity index (χ1n) is 6.21. The molecule has 0 spiro atoms. The van der Waals surface area contributed by atoms with Crippen LogP contribution in [0.1, 0.15) is 24.0 Å². The minimum absolute atomic E-state index is 0.382. The monoisotopic (exact) mass is 276 g/mol. The van der Waals surface area contributed by atoms with Gasteiger partial charge in [-0.2, -0.15) is 0 Å². The molecule has 2 aromatic rings. The molecular weight excluding hydrogens is 260 g/mol. The van der Waals surface area contributed by atoms with E-state index in [1.54, 1.807) is 18.5 Å². The van der Waals surface area contributed by atoms with E-state index in [-0.39, 0.29) is 0 Å². The summed E-state index contributed by atoms with van der Waals surface area (Å²) < 4.78 is 5.63. The molecule has 0 aliphatic heterocycles. The van der Waals surface area contributed by atoms with Crippen molar-refractivity contribution >= 4 is 11.6 Å². The molecule has 1 atom stereocenters. The third-order valence-electron chi connectivity index (χ3n) is 2.99. The number of hydrogen-bond acceptors (Lipinski definition) is 3. The zero-order valence-electron chi connectivity index (χ0n) is 10.8. The number of aromatic nitrogens is 1. The summed E-state index contributed by atoms with van der Waals surface area (Å²) in [4.78, 5) is 3.97. The van der Waals surface area contributed by atoms with Crippen LogP contribution in [0.4, 0.5) is 0 Å². The Morgan fingerprint density at radius 2 is 2.00 bits per heavy atom. The lowest BCUT2D eigenvalue weighted by Crippen LogP contribution is -2.08. The Labute approximate surface area is 118 Å². The molecular formula is C15H17ClN2O. The normalized spacial score (nSPS) is 12.2. The van der Waals surface area contributed by atoms with Gasteiger partial charge in [0.15, 0.2) is 0 Å². The van der Waals surface area contributed by atoms with Gasteiger partial charge in [-0.15, -0.1) is 0 Å². The van der Waals surface area contributed by atoms with Gasteiger partial charge in [0, 0.05) is 12.3 Å². The molecule has 0 saturated heterocycles. The van der Waals surface area contributed by atoms with Gasteiger partial charge in [0.25, 0.3) is 0 Å². The molecule has 1 aromatic heterocycles. The van der Waals surface area contributed by atoms with E-state index in [9.17, 15) is 0 Å². The van der Waals surface area contributed by atoms with Gasteiger partial charge in [0.2, 0.25) is 0 Å². The Kier molecular flexibility index (Phi) is 4.77. The first-order chi connectivity index (χ1) is 9.19. The Morgan fingerprint density at radius 3 is 2.63 bits per heavy atom. The number of nitrogens with two attached hydrogens (primary N) is 1. The fraction of sp³-hybridized carbons (Fsp3) is 0.267. The summed E-state index contributed by atoms with van der Waals surface area (Å²) in [5.41, 5.74) is 8.00. The molecule has 1 aromatic carbocycles. The van der Waals surface area contributed by atoms with Crippen LogP contribution in [0.5, 0.6) is 5.75 Å². The summed E-state index contributed by atoms with van der Waals surface area (Å²) in [6, 6.07) is 10.0. The SMILES string of the molecule is CC(CN)c1ccc(COc2cncc(Cl)c2)cc1. The van der Waals surface area contributed by atoms with Crippen molar-refractivity contribution in [2.75, 3.05) is 6.54 Å². The molecule has 1 heterocycles. The van der Waals surface area contributed by atoms with Gasteiger partial charge >= 0.3 is 0 Å². The number of ether oxygens (including phenoxy) is 1. The average Bonchev–Trinajstić information content (AvgIpc) is 2.45. The average molecular weight is 277 g/mol. The molecule has 4 heteroatoms. The van der Waals surface area contributed by atoms with Crippen molar-refractivity contribution in [2.24, 2.45) is 5.73 Å². The maximum atomic E-state index is 5.84. The van der Waals surface area contributed by atoms with Crippen LogP contribution in [0.3, 0.4) is 0 Å². The predicted octanol–water partition coefficient (Wildman–Crippen LogP) is 3.38. The van der Waals surface area contributed by atoms with E-state index in [1.807, 2.05) is 0 Å². The second kappa shape index (κ2) is 6.55. The van der Waals surface area contributed by atoms with Gasteiger partial charge in [-0.25, -0.2) is 0 Å². The lowest BCUT2D eigenvalue weighted by molar-refractivity contribution is 0.305. The quantitative estimate of drug-likeness (QED) is 0.911. The van der Waals surface area contributed by atoms with E-state index in [2.05, 4.69) is 36.2 Å². The van der Waals surface area contributed by atoms with Crippen molar-refractivity contribution in [2.45, 2.75) is 19.4 Å². The van der Waals surface area contributed by atoms with Crippen molar-refractivity contribution in [1.29, 1.82) is 0 Å². The predicted molar refractivity (Wildman–Crippen MR) is 77.5 cm³/mol. The summed E-state index contributed by atoms with van der Waals surface area (Å²) in [5, 5.41) is 0.574. The zero-order chi connectivity index (χ0) is 13.7. The van der Waals surface area contributed by atoms with E-state index in [0.717, 1.165) is 5.56 Å². The minimum Gasteiger partial charge on any atom is -0.487 e. The molecule has 0 saturated carbocycles. The lowest BCUT2D eigenvalue weighted by Gasteiger charge is -2.10. The molecule has 0 fully saturated rings. The van der Waals surface area contributed by atoms with Gasteiger partial charge in [-0.3, -0.25) is 4.98 Å². The highest BCUT2D eigenvalue weighted by atomic mass is 35.5. The Bertz CT molecular complexity index is 528. The molecule has 0 aliphatic carbocycles. The molecule has 2 N–H and O–H groups in total. The summed E-state index contributed by atoms with van der Waals surface area (Å²) in [5.74, 6) is 1.05. The van der Waals surface area contributed by atoms with Gasteiger partial charge in [-0.05, 0) is 23.6 Å². The molecule has 0 amide bonds. The topological polar surface area (TPSA) is 48.1 Å². The van der Waals surface area contributed by atoms with Crippen LogP contribution in [0.25, 0.3) is 0 Å². The fourth-order valence-electron chi connectivity index (χ4n) is 1.72. The van der Waals surface area contributed by atoms with Crippen LogP contribution in [0.15, 0.2) is 42.7 Å². The summed E-state index contributed by atoms with van der Waals surface area (Å²) in [6.45, 7) is 3.27. The van der Waals surface area contributed by atoms with Gasteiger partial charge in [0.05, 0.1) is 11.2 Å². The highest BCUT2D eigenvalue weighted by molar-refractivity contribution is 6.30. The molecule has 2 rings (SSSR count). The first kappa shape index (κ1) is 13.8. The number of nitrogens with zero attached hydrogens (tertiary/aromatic N) is 1. The second-order valence-electron chi connectivity index (χ2n) is 4.51. The standard InChI is InChI=1S/C15H17ClN2O/c1-11(7-17)13-4-2-12(3-5-13)10-19-15-6-14(16)8-18-9-15/h2-6,8-9,11H,7,10,17H2,1H3. The van der Waals surface area contributed by atoms with Crippen LogP contribution in [0, 0.1) is 0 Å². The summed E-state index contributed by atoms with van der Waals surface area (Å²) in [7, 11) is 0. The Balaban J connectivity index is 1.96. The Morgan fingerprint density at radius 1 is 1.26 bits per heavy atom. The van der Waals surface area contributed by atoms with Crippen LogP contribution in [0.2, 0.25) is 5.02 Å². The smallest absolute Gasteiger partial charge is 0.139 e. The maximum absolute atomic E-state index is 5.84. The van der Waals surface area contributed by atoms with Crippen LogP contribution >= 0.6 is 11.6 Å². The van der Waals surface area contributed by atoms with Crippen molar-refractivity contribution in [1.82, 2.24) is 4.98 Å². The van der Waals surface area contributed by atoms with E-state index >= 15 is 0 Å². The van der Waals surface area contributed by atoms with E-state index in [0.29, 0.717) is 29.8 Å². The molecule has 1 unspecified atom stereocenters. The van der Waals surface area contributed by atoms with Crippen LogP contribution < -0.4 is 10.5 Å². The van der Waals surface area contributed by atoms with Gasteiger partial charge in [0.1, 0.15) is 12.4 Å². The van der Waals surface area contributed by atoms with Crippen molar-refractivity contribution in [3.05, 3.63) is 58.9 Å². The largest absolute Gasteiger partial charge is 0.487 e.